The van der Waals surface area contributed by atoms with Gasteiger partial charge in [-0.1, -0.05) is 0 Å². The van der Waals surface area contributed by atoms with Gasteiger partial charge in [0.2, 0.25) is 0 Å². The molecule has 0 aromatic rings. The van der Waals surface area contributed by atoms with Crippen molar-refractivity contribution in [2.45, 2.75) is 0 Å². The van der Waals surface area contributed by atoms with E-state index in [0.717, 1.165) is 0 Å². The van der Waals surface area contributed by atoms with E-state index >= 15 is 0 Å². The average molecular weight is 92.1 g/mol. The van der Waals surface area contributed by atoms with E-state index in [1.807, 2.05) is 0 Å². The van der Waals surface area contributed by atoms with Gasteiger partial charge in [0.05, 0.1) is 4.21 Å². The van der Waals surface area contributed by atoms with Crippen LogP contribution in [0.3, 0.4) is 0 Å². The van der Waals surface area contributed by atoms with Gasteiger partial charge in [-0.25, -0.2) is 0 Å². The fraction of sp³-hybridized carbons (Fsp3) is 1.00. The lowest BCUT2D eigenvalue weighted by Gasteiger charge is -1.68. The number of hydrogen-bond acceptors (Lipinski definition) is 1. The maximum absolute atomic E-state index is 9.47. The molecular formula is C2H6NOS+. The lowest BCUT2D eigenvalue weighted by atomic mass is 11.3. The molecule has 0 spiro atoms. The van der Waals surface area contributed by atoms with Gasteiger partial charge in [0, 0.05) is 14.1 Å². The number of hydrogen-bond donors (Lipinski definition) is 0. The van der Waals surface area contributed by atoms with Crippen molar-refractivity contribution < 1.29 is 4.21 Å². The predicted octanol–water partition coefficient (Wildman–Crippen LogP) is -0.109. The van der Waals surface area contributed by atoms with Gasteiger partial charge < -0.3 is 0 Å². The van der Waals surface area contributed by atoms with Gasteiger partial charge in [-0.2, -0.15) is 0 Å². The first-order chi connectivity index (χ1) is 2.27. The molecule has 0 saturated carbocycles. The minimum Gasteiger partial charge on any atom is -0.0179 e. The molecule has 30 valence electrons. The monoisotopic (exact) mass is 92.0 g/mol. The molecular weight excluding hydrogens is 86.1 g/mol. The summed E-state index contributed by atoms with van der Waals surface area (Å²) in [5.41, 5.74) is 0. The van der Waals surface area contributed by atoms with Crippen molar-refractivity contribution in [1.29, 1.82) is 0 Å². The minimum atomic E-state index is 0.463. The molecule has 0 aliphatic carbocycles. The van der Waals surface area contributed by atoms with Crippen LogP contribution >= 0.6 is 0 Å². The maximum Gasteiger partial charge on any atom is 0.589 e. The fourth-order valence-electron chi connectivity index (χ4n) is 0. The van der Waals surface area contributed by atoms with E-state index in [-0.39, 0.29) is 0 Å². The molecule has 0 aromatic heterocycles. The standard InChI is InChI=1S/C2H6NOS/c1-3(2)5-4/h1-2H3/q+1. The van der Waals surface area contributed by atoms with Gasteiger partial charge in [0.15, 0.2) is 0 Å². The van der Waals surface area contributed by atoms with Crippen molar-refractivity contribution in [3.63, 3.8) is 0 Å². The SMILES string of the molecule is CN(C)[S+]=O. The van der Waals surface area contributed by atoms with Crippen LogP contribution in [0.1, 0.15) is 0 Å². The molecule has 0 radical (unpaired) electrons. The summed E-state index contributed by atoms with van der Waals surface area (Å²) >= 11 is 0.463. The first-order valence-electron chi connectivity index (χ1n) is 1.24. The highest BCUT2D eigenvalue weighted by atomic mass is 32.2. The molecule has 0 rings (SSSR count). The van der Waals surface area contributed by atoms with Gasteiger partial charge in [0.1, 0.15) is 0 Å². The van der Waals surface area contributed by atoms with E-state index in [2.05, 4.69) is 0 Å². The van der Waals surface area contributed by atoms with Crippen LogP contribution in [-0.4, -0.2) is 18.4 Å². The summed E-state index contributed by atoms with van der Waals surface area (Å²) in [6.45, 7) is 0. The second-order valence-corrected chi connectivity index (χ2v) is 1.77. The van der Waals surface area contributed by atoms with Crippen LogP contribution < -0.4 is 0 Å². The average Bonchev–Trinajstić information content (AvgIpc) is 1.38. The molecule has 3 heteroatoms. The van der Waals surface area contributed by atoms with Crippen LogP contribution in [0.25, 0.3) is 0 Å². The molecule has 0 fully saturated rings. The van der Waals surface area contributed by atoms with Gasteiger partial charge in [0.25, 0.3) is 0 Å². The zero-order valence-electron chi connectivity index (χ0n) is 3.26. The Kier molecular flexibility index (Phi) is 2.22. The molecule has 0 aromatic carbocycles. The molecule has 0 heterocycles. The summed E-state index contributed by atoms with van der Waals surface area (Å²) in [4.78, 5) is 0. The third-order valence-electron chi connectivity index (χ3n) is 0.149. The lowest BCUT2D eigenvalue weighted by molar-refractivity contribution is 0.563. The Morgan fingerprint density at radius 3 is 1.80 bits per heavy atom. The van der Waals surface area contributed by atoms with E-state index in [1.165, 1.54) is 4.31 Å². The third kappa shape index (κ3) is 3.98. The van der Waals surface area contributed by atoms with Gasteiger partial charge in [-0.15, -0.1) is 0 Å². The molecule has 0 saturated heterocycles. The molecule has 0 atom stereocenters. The van der Waals surface area contributed by atoms with Gasteiger partial charge >= 0.3 is 11.9 Å². The van der Waals surface area contributed by atoms with E-state index in [4.69, 9.17) is 0 Å². The molecule has 0 amide bonds. The predicted molar refractivity (Wildman–Crippen MR) is 21.7 cm³/mol. The normalized spacial score (nSPS) is 8.60. The van der Waals surface area contributed by atoms with Crippen molar-refractivity contribution >= 4 is 11.9 Å². The molecule has 0 bridgehead atoms. The largest absolute Gasteiger partial charge is 0.589 e. The Balaban J connectivity index is 2.83. The Morgan fingerprint density at radius 2 is 1.80 bits per heavy atom. The van der Waals surface area contributed by atoms with Crippen molar-refractivity contribution in [2.75, 3.05) is 14.1 Å². The van der Waals surface area contributed by atoms with Crippen molar-refractivity contribution in [1.82, 2.24) is 4.31 Å². The smallest absolute Gasteiger partial charge is 0.0179 e. The fourth-order valence-corrected chi connectivity index (χ4v) is 0. The zero-order chi connectivity index (χ0) is 4.28. The second-order valence-electron chi connectivity index (χ2n) is 0.887. The summed E-state index contributed by atoms with van der Waals surface area (Å²) in [6, 6.07) is 0. The third-order valence-corrected chi connectivity index (χ3v) is 0.447. The first kappa shape index (κ1) is 4.98. The summed E-state index contributed by atoms with van der Waals surface area (Å²) in [6.07, 6.45) is 0. The topological polar surface area (TPSA) is 20.3 Å². The number of rotatable bonds is 1. The van der Waals surface area contributed by atoms with E-state index in [0.29, 0.717) is 11.9 Å². The Bertz CT molecular complexity index is 36.6. The Hall–Kier alpha value is -0.0200. The van der Waals surface area contributed by atoms with E-state index < -0.39 is 0 Å². The van der Waals surface area contributed by atoms with Crippen molar-refractivity contribution in [3.05, 3.63) is 0 Å². The molecule has 0 aliphatic rings. The summed E-state index contributed by atoms with van der Waals surface area (Å²) in [5.74, 6) is 0. The van der Waals surface area contributed by atoms with Gasteiger partial charge in [-0.3, -0.25) is 0 Å². The van der Waals surface area contributed by atoms with Crippen molar-refractivity contribution in [2.24, 2.45) is 0 Å². The van der Waals surface area contributed by atoms with Crippen LogP contribution in [-0.2, 0) is 16.1 Å². The molecule has 2 nitrogen and oxygen atoms in total. The van der Waals surface area contributed by atoms with Crippen molar-refractivity contribution in [3.8, 4) is 0 Å². The van der Waals surface area contributed by atoms with Crippen LogP contribution in [0, 0.1) is 0 Å². The Labute approximate surface area is 35.4 Å². The molecule has 5 heavy (non-hydrogen) atoms. The quantitative estimate of drug-likeness (QED) is 0.326. The van der Waals surface area contributed by atoms with Crippen LogP contribution in [0.4, 0.5) is 0 Å². The summed E-state index contributed by atoms with van der Waals surface area (Å²) < 4.78 is 11.0. The minimum absolute atomic E-state index is 0.463. The highest BCUT2D eigenvalue weighted by Crippen LogP contribution is 1.58. The molecule has 0 aliphatic heterocycles. The summed E-state index contributed by atoms with van der Waals surface area (Å²) in [7, 11) is 3.41. The van der Waals surface area contributed by atoms with Gasteiger partial charge in [-0.05, 0) is 4.31 Å². The Morgan fingerprint density at radius 1 is 1.60 bits per heavy atom. The maximum atomic E-state index is 9.47. The molecule has 0 N–H and O–H groups in total. The zero-order valence-corrected chi connectivity index (χ0v) is 4.08. The van der Waals surface area contributed by atoms with Crippen LogP contribution in [0.2, 0.25) is 0 Å². The lowest BCUT2D eigenvalue weighted by Crippen LogP contribution is -2.00. The van der Waals surface area contributed by atoms with E-state index in [9.17, 15) is 4.21 Å². The molecule has 0 unspecified atom stereocenters. The summed E-state index contributed by atoms with van der Waals surface area (Å²) in [5, 5.41) is 0. The highest BCUT2D eigenvalue weighted by molar-refractivity contribution is 7.62. The van der Waals surface area contributed by atoms with Crippen LogP contribution in [0.5, 0.6) is 0 Å². The van der Waals surface area contributed by atoms with E-state index in [1.54, 1.807) is 14.1 Å². The number of nitrogens with zero attached hydrogens (tertiary/aromatic N) is 1. The van der Waals surface area contributed by atoms with Crippen LogP contribution in [0.15, 0.2) is 0 Å². The first-order valence-corrected chi connectivity index (χ1v) is 1.94. The highest BCUT2D eigenvalue weighted by Gasteiger charge is 1.95. The second kappa shape index (κ2) is 2.23.